The van der Waals surface area contributed by atoms with Crippen LogP contribution in [0.3, 0.4) is 0 Å². The van der Waals surface area contributed by atoms with Gasteiger partial charge in [-0.2, -0.15) is 0 Å². The molecule has 0 bridgehead atoms. The molecular formula is C12H19BrN2. The van der Waals surface area contributed by atoms with E-state index in [4.69, 9.17) is 0 Å². The molecule has 2 nitrogen and oxygen atoms in total. The quantitative estimate of drug-likeness (QED) is 0.882. The van der Waals surface area contributed by atoms with Gasteiger partial charge in [0.25, 0.3) is 0 Å². The summed E-state index contributed by atoms with van der Waals surface area (Å²) in [6, 6.07) is 8.90. The third-order valence-electron chi connectivity index (χ3n) is 2.42. The number of likely N-dealkylation sites (N-methyl/N-ethyl adjacent to an activating group) is 2. The molecule has 0 saturated carbocycles. The van der Waals surface area contributed by atoms with Crippen molar-refractivity contribution in [2.45, 2.75) is 12.5 Å². The van der Waals surface area contributed by atoms with E-state index in [0.29, 0.717) is 6.04 Å². The molecule has 15 heavy (non-hydrogen) atoms. The third-order valence-corrected chi connectivity index (χ3v) is 3.19. The lowest BCUT2D eigenvalue weighted by Gasteiger charge is -2.21. The van der Waals surface area contributed by atoms with Gasteiger partial charge in [0.15, 0.2) is 0 Å². The van der Waals surface area contributed by atoms with Crippen LogP contribution >= 0.6 is 15.9 Å². The number of nitrogens with zero attached hydrogens (tertiary/aromatic N) is 1. The van der Waals surface area contributed by atoms with Gasteiger partial charge < -0.3 is 10.2 Å². The van der Waals surface area contributed by atoms with Gasteiger partial charge in [-0.3, -0.25) is 0 Å². The molecule has 0 heterocycles. The molecule has 1 rings (SSSR count). The van der Waals surface area contributed by atoms with E-state index in [0.717, 1.165) is 13.0 Å². The highest BCUT2D eigenvalue weighted by Crippen LogP contribution is 2.17. The molecule has 1 unspecified atom stereocenters. The van der Waals surface area contributed by atoms with Crippen molar-refractivity contribution < 1.29 is 0 Å². The number of hydrogen-bond acceptors (Lipinski definition) is 2. The van der Waals surface area contributed by atoms with Crippen LogP contribution in [0.25, 0.3) is 0 Å². The highest BCUT2D eigenvalue weighted by Gasteiger charge is 2.09. The lowest BCUT2D eigenvalue weighted by molar-refractivity contribution is 0.346. The van der Waals surface area contributed by atoms with Gasteiger partial charge in [-0.25, -0.2) is 0 Å². The fraction of sp³-hybridized carbons (Fsp3) is 0.500. The minimum absolute atomic E-state index is 0.499. The van der Waals surface area contributed by atoms with E-state index in [2.05, 4.69) is 58.4 Å². The minimum atomic E-state index is 0.499. The van der Waals surface area contributed by atoms with Gasteiger partial charge in [0.2, 0.25) is 0 Å². The maximum atomic E-state index is 3.58. The fourth-order valence-electron chi connectivity index (χ4n) is 1.63. The van der Waals surface area contributed by atoms with Crippen LogP contribution in [-0.2, 0) is 6.42 Å². The summed E-state index contributed by atoms with van der Waals surface area (Å²) in [7, 11) is 6.22. The Bertz CT molecular complexity index is 299. The molecule has 0 aromatic heterocycles. The van der Waals surface area contributed by atoms with E-state index < -0.39 is 0 Å². The molecule has 0 aliphatic carbocycles. The van der Waals surface area contributed by atoms with Gasteiger partial charge >= 0.3 is 0 Å². The summed E-state index contributed by atoms with van der Waals surface area (Å²) in [6.07, 6.45) is 1.05. The van der Waals surface area contributed by atoms with Crippen molar-refractivity contribution in [3.8, 4) is 0 Å². The molecule has 0 aliphatic rings. The molecule has 1 N–H and O–H groups in total. The summed E-state index contributed by atoms with van der Waals surface area (Å²) in [4.78, 5) is 2.21. The Morgan fingerprint density at radius 1 is 1.33 bits per heavy atom. The summed E-state index contributed by atoms with van der Waals surface area (Å²) >= 11 is 3.58. The van der Waals surface area contributed by atoms with E-state index in [-0.39, 0.29) is 0 Å². The molecule has 3 heteroatoms. The monoisotopic (exact) mass is 270 g/mol. The van der Waals surface area contributed by atoms with Crippen molar-refractivity contribution in [3.63, 3.8) is 0 Å². The second kappa shape index (κ2) is 6.26. The zero-order valence-electron chi connectivity index (χ0n) is 9.63. The third kappa shape index (κ3) is 4.33. The van der Waals surface area contributed by atoms with E-state index in [1.807, 2.05) is 13.1 Å². The number of hydrogen-bond donors (Lipinski definition) is 1. The Hall–Kier alpha value is -0.380. The summed E-state index contributed by atoms with van der Waals surface area (Å²) in [5.74, 6) is 0. The van der Waals surface area contributed by atoms with Gasteiger partial charge in [-0.15, -0.1) is 0 Å². The molecular weight excluding hydrogens is 252 g/mol. The molecule has 0 amide bonds. The maximum Gasteiger partial charge on any atom is 0.0232 e. The van der Waals surface area contributed by atoms with Crippen LogP contribution in [0.15, 0.2) is 28.7 Å². The Balaban J connectivity index is 2.62. The number of halogens is 1. The first-order chi connectivity index (χ1) is 7.13. The Kier molecular flexibility index (Phi) is 5.29. The van der Waals surface area contributed by atoms with Gasteiger partial charge in [-0.1, -0.05) is 34.1 Å². The number of nitrogens with one attached hydrogen (secondary N) is 1. The van der Waals surface area contributed by atoms with Gasteiger partial charge in [0, 0.05) is 17.1 Å². The predicted molar refractivity (Wildman–Crippen MR) is 69.2 cm³/mol. The molecule has 1 aromatic rings. The van der Waals surface area contributed by atoms with Gasteiger partial charge in [0.05, 0.1) is 0 Å². The van der Waals surface area contributed by atoms with Crippen LogP contribution < -0.4 is 5.32 Å². The minimum Gasteiger partial charge on any atom is -0.315 e. The predicted octanol–water partition coefficient (Wildman–Crippen LogP) is 2.14. The first-order valence-corrected chi connectivity index (χ1v) is 5.98. The SMILES string of the molecule is CNC(Cc1ccccc1Br)CN(C)C. The van der Waals surface area contributed by atoms with Crippen molar-refractivity contribution in [1.82, 2.24) is 10.2 Å². The Labute approximate surface area is 101 Å². The molecule has 0 spiro atoms. The Morgan fingerprint density at radius 3 is 2.53 bits per heavy atom. The topological polar surface area (TPSA) is 15.3 Å². The van der Waals surface area contributed by atoms with Crippen LogP contribution in [0, 0.1) is 0 Å². The highest BCUT2D eigenvalue weighted by molar-refractivity contribution is 9.10. The molecule has 84 valence electrons. The summed E-state index contributed by atoms with van der Waals surface area (Å²) in [5.41, 5.74) is 1.36. The molecule has 1 aromatic carbocycles. The molecule has 1 atom stereocenters. The van der Waals surface area contributed by atoms with Crippen LogP contribution in [0.2, 0.25) is 0 Å². The van der Waals surface area contributed by atoms with E-state index in [1.54, 1.807) is 0 Å². The van der Waals surface area contributed by atoms with Crippen LogP contribution in [0.5, 0.6) is 0 Å². The summed E-state index contributed by atoms with van der Waals surface area (Å²) < 4.78 is 1.20. The molecule has 0 fully saturated rings. The lowest BCUT2D eigenvalue weighted by atomic mass is 10.1. The molecule has 0 radical (unpaired) electrons. The molecule has 0 saturated heterocycles. The number of benzene rings is 1. The van der Waals surface area contributed by atoms with E-state index in [9.17, 15) is 0 Å². The van der Waals surface area contributed by atoms with Gasteiger partial charge in [-0.05, 0) is 39.2 Å². The molecule has 0 aliphatic heterocycles. The largest absolute Gasteiger partial charge is 0.315 e. The average Bonchev–Trinajstić information content (AvgIpc) is 2.19. The van der Waals surface area contributed by atoms with Crippen LogP contribution in [0.1, 0.15) is 5.56 Å². The second-order valence-electron chi connectivity index (χ2n) is 4.04. The van der Waals surface area contributed by atoms with Crippen molar-refractivity contribution in [2.75, 3.05) is 27.7 Å². The van der Waals surface area contributed by atoms with Crippen molar-refractivity contribution in [2.24, 2.45) is 0 Å². The number of rotatable bonds is 5. The zero-order chi connectivity index (χ0) is 11.3. The van der Waals surface area contributed by atoms with Crippen molar-refractivity contribution >= 4 is 15.9 Å². The van der Waals surface area contributed by atoms with Crippen LogP contribution in [0.4, 0.5) is 0 Å². The Morgan fingerprint density at radius 2 is 2.00 bits per heavy atom. The van der Waals surface area contributed by atoms with Gasteiger partial charge in [0.1, 0.15) is 0 Å². The normalized spacial score (nSPS) is 13.1. The average molecular weight is 271 g/mol. The highest BCUT2D eigenvalue weighted by atomic mass is 79.9. The summed E-state index contributed by atoms with van der Waals surface area (Å²) in [6.45, 7) is 1.05. The fourth-order valence-corrected chi connectivity index (χ4v) is 2.07. The van der Waals surface area contributed by atoms with Crippen LogP contribution in [-0.4, -0.2) is 38.6 Å². The van der Waals surface area contributed by atoms with Crippen molar-refractivity contribution in [1.29, 1.82) is 0 Å². The lowest BCUT2D eigenvalue weighted by Crippen LogP contribution is -2.37. The van der Waals surface area contributed by atoms with E-state index >= 15 is 0 Å². The smallest absolute Gasteiger partial charge is 0.0232 e. The van der Waals surface area contributed by atoms with Crippen molar-refractivity contribution in [3.05, 3.63) is 34.3 Å². The summed E-state index contributed by atoms with van der Waals surface area (Å²) in [5, 5.41) is 3.35. The second-order valence-corrected chi connectivity index (χ2v) is 4.90. The zero-order valence-corrected chi connectivity index (χ0v) is 11.2. The standard InChI is InChI=1S/C12H19BrN2/c1-14-11(9-15(2)3)8-10-6-4-5-7-12(10)13/h4-7,11,14H,8-9H2,1-3H3. The maximum absolute atomic E-state index is 3.58. The van der Waals surface area contributed by atoms with E-state index in [1.165, 1.54) is 10.0 Å². The first-order valence-electron chi connectivity index (χ1n) is 5.19. The first kappa shape index (κ1) is 12.7.